The quantitative estimate of drug-likeness (QED) is 0.669. The molecule has 0 aliphatic heterocycles. The van der Waals surface area contributed by atoms with Gasteiger partial charge in [0.2, 0.25) is 0 Å². The number of hydrogen-bond acceptors (Lipinski definition) is 4. The second-order valence-electron chi connectivity index (χ2n) is 3.93. The minimum Gasteiger partial charge on any atom is -0.236 e. The molecule has 0 bridgehead atoms. The lowest BCUT2D eigenvalue weighted by Gasteiger charge is -2.03. The van der Waals surface area contributed by atoms with E-state index in [1.165, 1.54) is 11.8 Å². The van der Waals surface area contributed by atoms with E-state index in [0.717, 1.165) is 11.3 Å². The molecule has 0 unspecified atom stereocenters. The van der Waals surface area contributed by atoms with Crippen molar-refractivity contribution in [2.24, 2.45) is 0 Å². The number of fused-ring (bicyclic) bond motifs is 1. The molecule has 0 saturated heterocycles. The molecule has 1 aromatic carbocycles. The van der Waals surface area contributed by atoms with E-state index in [1.807, 2.05) is 42.7 Å². The largest absolute Gasteiger partial charge is 0.236 e. The molecule has 0 amide bonds. The van der Waals surface area contributed by atoms with E-state index in [1.54, 1.807) is 10.7 Å². The Kier molecular flexibility index (Phi) is 2.94. The average molecular weight is 266 g/mol. The summed E-state index contributed by atoms with van der Waals surface area (Å²) in [5, 5.41) is 14.4. The summed E-state index contributed by atoms with van der Waals surface area (Å²) in [4.78, 5) is 4.27. The van der Waals surface area contributed by atoms with Gasteiger partial charge in [-0.3, -0.25) is 0 Å². The molecule has 19 heavy (non-hydrogen) atoms. The number of nitriles is 1. The van der Waals surface area contributed by atoms with Crippen LogP contribution in [0.25, 0.3) is 16.9 Å². The second-order valence-corrected chi connectivity index (χ2v) is 4.72. The van der Waals surface area contributed by atoms with Gasteiger partial charge in [0.05, 0.1) is 5.69 Å². The van der Waals surface area contributed by atoms with Crippen LogP contribution in [0.15, 0.2) is 47.6 Å². The van der Waals surface area contributed by atoms with Crippen LogP contribution in [0.3, 0.4) is 0 Å². The fourth-order valence-electron chi connectivity index (χ4n) is 1.99. The van der Waals surface area contributed by atoms with Gasteiger partial charge in [-0.15, -0.1) is 11.8 Å². The van der Waals surface area contributed by atoms with Crippen LogP contribution in [0.4, 0.5) is 0 Å². The van der Waals surface area contributed by atoms with Crippen molar-refractivity contribution in [2.45, 2.75) is 5.03 Å². The van der Waals surface area contributed by atoms with Gasteiger partial charge in [0.1, 0.15) is 16.7 Å². The summed E-state index contributed by atoms with van der Waals surface area (Å²) in [6.07, 6.45) is 3.62. The van der Waals surface area contributed by atoms with Crippen molar-refractivity contribution in [3.63, 3.8) is 0 Å². The standard InChI is InChI=1S/C14H10N4S/c1-19-14-11(9-15)13-16-8-7-12(18(13)17-14)10-5-3-2-4-6-10/h2-8H,1H3. The number of thioether (sulfide) groups is 1. The minimum absolute atomic E-state index is 0.533. The number of benzene rings is 1. The molecule has 2 aromatic heterocycles. The highest BCUT2D eigenvalue weighted by Crippen LogP contribution is 2.26. The molecule has 0 saturated carbocycles. The summed E-state index contributed by atoms with van der Waals surface area (Å²) in [6.45, 7) is 0. The smallest absolute Gasteiger partial charge is 0.174 e. The Bertz CT molecular complexity index is 771. The lowest BCUT2D eigenvalue weighted by atomic mass is 10.1. The van der Waals surface area contributed by atoms with Gasteiger partial charge in [-0.25, -0.2) is 9.50 Å². The Morgan fingerprint density at radius 2 is 2.00 bits per heavy atom. The fourth-order valence-corrected chi connectivity index (χ4v) is 2.50. The van der Waals surface area contributed by atoms with Crippen LogP contribution in [0.2, 0.25) is 0 Å². The maximum absolute atomic E-state index is 9.24. The molecule has 0 fully saturated rings. The molecule has 92 valence electrons. The summed E-state index contributed by atoms with van der Waals surface area (Å²) in [5.74, 6) is 0. The van der Waals surface area contributed by atoms with Crippen LogP contribution in [-0.4, -0.2) is 20.9 Å². The lowest BCUT2D eigenvalue weighted by molar-refractivity contribution is 0.896. The lowest BCUT2D eigenvalue weighted by Crippen LogP contribution is -1.95. The van der Waals surface area contributed by atoms with Crippen LogP contribution in [0.1, 0.15) is 5.56 Å². The van der Waals surface area contributed by atoms with Crippen molar-refractivity contribution in [3.05, 3.63) is 48.2 Å². The molecule has 0 aliphatic carbocycles. The molecular weight excluding hydrogens is 256 g/mol. The zero-order chi connectivity index (χ0) is 13.2. The Hall–Kier alpha value is -2.32. The Labute approximate surface area is 114 Å². The summed E-state index contributed by atoms with van der Waals surface area (Å²) in [6, 6.07) is 14.0. The van der Waals surface area contributed by atoms with E-state index in [9.17, 15) is 5.26 Å². The molecule has 0 spiro atoms. The van der Waals surface area contributed by atoms with Crippen LogP contribution < -0.4 is 0 Å². The first-order valence-electron chi connectivity index (χ1n) is 5.72. The van der Waals surface area contributed by atoms with Gasteiger partial charge in [-0.2, -0.15) is 10.4 Å². The third-order valence-corrected chi connectivity index (χ3v) is 3.53. The topological polar surface area (TPSA) is 54.0 Å². The Morgan fingerprint density at radius 1 is 1.21 bits per heavy atom. The van der Waals surface area contributed by atoms with E-state index >= 15 is 0 Å². The highest BCUT2D eigenvalue weighted by atomic mass is 32.2. The number of hydrogen-bond donors (Lipinski definition) is 0. The SMILES string of the molecule is CSc1nn2c(-c3ccccc3)ccnc2c1C#N. The molecule has 5 heteroatoms. The maximum Gasteiger partial charge on any atom is 0.174 e. The first-order valence-corrected chi connectivity index (χ1v) is 6.95. The van der Waals surface area contributed by atoms with Gasteiger partial charge in [0.25, 0.3) is 0 Å². The second kappa shape index (κ2) is 4.75. The molecular formula is C14H10N4S. The van der Waals surface area contributed by atoms with E-state index in [0.29, 0.717) is 16.2 Å². The fraction of sp³-hybridized carbons (Fsp3) is 0.0714. The van der Waals surface area contributed by atoms with E-state index in [4.69, 9.17) is 0 Å². The third kappa shape index (κ3) is 1.86. The average Bonchev–Trinajstić information content (AvgIpc) is 2.85. The third-order valence-electron chi connectivity index (χ3n) is 2.86. The Balaban J connectivity index is 2.34. The molecule has 0 N–H and O–H groups in total. The van der Waals surface area contributed by atoms with E-state index in [2.05, 4.69) is 16.2 Å². The zero-order valence-corrected chi connectivity index (χ0v) is 11.1. The van der Waals surface area contributed by atoms with E-state index in [-0.39, 0.29) is 0 Å². The van der Waals surface area contributed by atoms with Crippen molar-refractivity contribution in [1.82, 2.24) is 14.6 Å². The van der Waals surface area contributed by atoms with Crippen molar-refractivity contribution in [3.8, 4) is 17.3 Å². The normalized spacial score (nSPS) is 10.5. The van der Waals surface area contributed by atoms with Crippen molar-refractivity contribution in [2.75, 3.05) is 6.26 Å². The number of rotatable bonds is 2. The van der Waals surface area contributed by atoms with Crippen LogP contribution in [-0.2, 0) is 0 Å². The van der Waals surface area contributed by atoms with E-state index < -0.39 is 0 Å². The minimum atomic E-state index is 0.533. The van der Waals surface area contributed by atoms with Crippen LogP contribution in [0.5, 0.6) is 0 Å². The summed E-state index contributed by atoms with van der Waals surface area (Å²) in [7, 11) is 0. The molecule has 3 aromatic rings. The Morgan fingerprint density at radius 3 is 2.68 bits per heavy atom. The number of nitrogens with zero attached hydrogens (tertiary/aromatic N) is 4. The zero-order valence-electron chi connectivity index (χ0n) is 10.2. The summed E-state index contributed by atoms with van der Waals surface area (Å²) in [5.41, 5.74) is 3.12. The van der Waals surface area contributed by atoms with Crippen LogP contribution >= 0.6 is 11.8 Å². The van der Waals surface area contributed by atoms with Gasteiger partial charge in [0, 0.05) is 11.8 Å². The van der Waals surface area contributed by atoms with Crippen LogP contribution in [0, 0.1) is 11.3 Å². The predicted molar refractivity (Wildman–Crippen MR) is 74.9 cm³/mol. The first kappa shape index (κ1) is 11.8. The van der Waals surface area contributed by atoms with Gasteiger partial charge < -0.3 is 0 Å². The highest BCUT2D eigenvalue weighted by molar-refractivity contribution is 7.98. The van der Waals surface area contributed by atoms with Crippen molar-refractivity contribution in [1.29, 1.82) is 5.26 Å². The first-order chi connectivity index (χ1) is 9.35. The molecule has 0 aliphatic rings. The molecule has 3 rings (SSSR count). The van der Waals surface area contributed by atoms with Crippen molar-refractivity contribution >= 4 is 17.4 Å². The summed E-state index contributed by atoms with van der Waals surface area (Å²) >= 11 is 1.46. The van der Waals surface area contributed by atoms with Gasteiger partial charge in [-0.1, -0.05) is 30.3 Å². The monoisotopic (exact) mass is 266 g/mol. The highest BCUT2D eigenvalue weighted by Gasteiger charge is 2.15. The maximum atomic E-state index is 9.24. The molecule has 0 atom stereocenters. The molecule has 2 heterocycles. The van der Waals surface area contributed by atoms with Crippen molar-refractivity contribution < 1.29 is 0 Å². The summed E-state index contributed by atoms with van der Waals surface area (Å²) < 4.78 is 1.74. The predicted octanol–water partition coefficient (Wildman–Crippen LogP) is 2.99. The van der Waals surface area contributed by atoms with Gasteiger partial charge >= 0.3 is 0 Å². The van der Waals surface area contributed by atoms with Gasteiger partial charge in [-0.05, 0) is 12.3 Å². The number of aromatic nitrogens is 3. The molecule has 4 nitrogen and oxygen atoms in total. The molecule has 0 radical (unpaired) electrons. The van der Waals surface area contributed by atoms with Gasteiger partial charge in [0.15, 0.2) is 5.65 Å².